The number of H-pyrrole nitrogens is 1. The van der Waals surface area contributed by atoms with Crippen molar-refractivity contribution in [1.82, 2.24) is 14.7 Å². The summed E-state index contributed by atoms with van der Waals surface area (Å²) in [4.78, 5) is 13.8. The number of aromatic amines is 1. The molecule has 2 N–H and O–H groups in total. The van der Waals surface area contributed by atoms with Crippen LogP contribution in [0.1, 0.15) is 0 Å². The Balaban J connectivity index is 2.60. The largest absolute Gasteiger partial charge is 0.383 e. The van der Waals surface area contributed by atoms with Gasteiger partial charge in [-0.05, 0) is 24.3 Å². The van der Waals surface area contributed by atoms with Crippen LogP contribution in [-0.2, 0) is 10.1 Å². The van der Waals surface area contributed by atoms with E-state index in [9.17, 15) is 13.2 Å². The van der Waals surface area contributed by atoms with Gasteiger partial charge >= 0.3 is 0 Å². The highest BCUT2D eigenvalue weighted by Gasteiger charge is 2.10. The second-order valence-corrected chi connectivity index (χ2v) is 6.13. The van der Waals surface area contributed by atoms with Crippen molar-refractivity contribution < 1.29 is 13.0 Å². The lowest BCUT2D eigenvalue weighted by Gasteiger charge is -2.02. The van der Waals surface area contributed by atoms with Crippen molar-refractivity contribution in [1.29, 1.82) is 0 Å². The Labute approximate surface area is 121 Å². The number of nitrogens with one attached hydrogen (secondary N) is 1. The van der Waals surface area contributed by atoms with Crippen LogP contribution in [0, 0.1) is 0 Å². The summed E-state index contributed by atoms with van der Waals surface area (Å²) in [5.74, 6) is 0. The Bertz CT molecular complexity index is 921. The summed E-state index contributed by atoms with van der Waals surface area (Å²) >= 11 is 0. The first kappa shape index (κ1) is 15.1. The van der Waals surface area contributed by atoms with Gasteiger partial charge in [-0.15, -0.1) is 0 Å². The molecule has 1 aromatic carbocycles. The van der Waals surface area contributed by atoms with E-state index >= 15 is 0 Å². The quantitative estimate of drug-likeness (QED) is 0.718. The molecular formula is C13H15N3O4S. The molecule has 21 heavy (non-hydrogen) atoms. The highest BCUT2D eigenvalue weighted by atomic mass is 32.2. The van der Waals surface area contributed by atoms with Crippen LogP contribution in [0.15, 0.2) is 34.0 Å². The van der Waals surface area contributed by atoms with Gasteiger partial charge in [0.1, 0.15) is 0 Å². The molecule has 0 radical (unpaired) electrons. The molecule has 0 aliphatic rings. The number of rotatable bonds is 3. The predicted molar refractivity (Wildman–Crippen MR) is 79.1 cm³/mol. The summed E-state index contributed by atoms with van der Waals surface area (Å²) in [7, 11) is -0.676. The second kappa shape index (κ2) is 5.23. The summed E-state index contributed by atoms with van der Waals surface area (Å²) in [6.07, 6.45) is 1.64. The van der Waals surface area contributed by atoms with Gasteiger partial charge in [-0.2, -0.15) is 8.42 Å². The third kappa shape index (κ3) is 3.06. The Kier molecular flexibility index (Phi) is 3.75. The van der Waals surface area contributed by atoms with Gasteiger partial charge in [0.15, 0.2) is 0 Å². The normalized spacial score (nSPS) is 12.6. The number of benzene rings is 1. The fourth-order valence-corrected chi connectivity index (χ4v) is 2.32. The molecule has 0 amide bonds. The minimum Gasteiger partial charge on any atom is -0.383 e. The molecule has 2 aromatic rings. The number of hydrogen-bond acceptors (Lipinski definition) is 4. The van der Waals surface area contributed by atoms with E-state index in [0.29, 0.717) is 16.3 Å². The van der Waals surface area contributed by atoms with Crippen LogP contribution in [0.4, 0.5) is 0 Å². The molecule has 0 atom stereocenters. The van der Waals surface area contributed by atoms with Gasteiger partial charge in [-0.3, -0.25) is 14.4 Å². The van der Waals surface area contributed by atoms with Crippen LogP contribution in [0.2, 0.25) is 0 Å². The van der Waals surface area contributed by atoms with Crippen LogP contribution in [-0.4, -0.2) is 41.7 Å². The SMILES string of the molecule is C=c1[nH]n(-c2ccc(S(=O)(=O)O)cc2)c(=O)c1=CN(C)C. The van der Waals surface area contributed by atoms with E-state index in [1.807, 2.05) is 0 Å². The number of hydrogen-bond donors (Lipinski definition) is 2. The highest BCUT2D eigenvalue weighted by molar-refractivity contribution is 7.85. The van der Waals surface area contributed by atoms with Crippen molar-refractivity contribution in [3.05, 3.63) is 45.2 Å². The molecule has 0 aliphatic carbocycles. The Morgan fingerprint density at radius 2 is 1.86 bits per heavy atom. The van der Waals surface area contributed by atoms with Gasteiger partial charge < -0.3 is 4.90 Å². The number of nitrogens with zero attached hydrogens (tertiary/aromatic N) is 2. The molecular weight excluding hydrogens is 294 g/mol. The lowest BCUT2D eigenvalue weighted by molar-refractivity contribution is 0.483. The zero-order valence-electron chi connectivity index (χ0n) is 11.6. The zero-order chi connectivity index (χ0) is 15.8. The van der Waals surface area contributed by atoms with Crippen molar-refractivity contribution in [2.45, 2.75) is 4.90 Å². The van der Waals surface area contributed by atoms with Crippen LogP contribution in [0.5, 0.6) is 0 Å². The van der Waals surface area contributed by atoms with Gasteiger partial charge in [0.25, 0.3) is 15.7 Å². The predicted octanol–water partition coefficient (Wildman–Crippen LogP) is -0.878. The molecule has 0 spiro atoms. The van der Waals surface area contributed by atoms with Gasteiger partial charge in [-0.25, -0.2) is 4.68 Å². The summed E-state index contributed by atoms with van der Waals surface area (Å²) in [6, 6.07) is 5.27. The molecule has 0 bridgehead atoms. The van der Waals surface area contributed by atoms with Crippen molar-refractivity contribution in [3.63, 3.8) is 0 Å². The Hall–Kier alpha value is -2.32. The molecule has 0 fully saturated rings. The maximum Gasteiger partial charge on any atom is 0.294 e. The molecule has 0 saturated carbocycles. The summed E-state index contributed by atoms with van der Waals surface area (Å²) in [5, 5.41) is 3.68. The molecule has 0 unspecified atom stereocenters. The summed E-state index contributed by atoms with van der Waals surface area (Å²) in [6.45, 7) is 3.77. The lowest BCUT2D eigenvalue weighted by Crippen LogP contribution is -2.35. The van der Waals surface area contributed by atoms with Crippen molar-refractivity contribution in [3.8, 4) is 5.69 Å². The Morgan fingerprint density at radius 3 is 2.33 bits per heavy atom. The van der Waals surface area contributed by atoms with Crippen molar-refractivity contribution >= 4 is 22.9 Å². The first-order valence-corrected chi connectivity index (χ1v) is 7.40. The van der Waals surface area contributed by atoms with E-state index in [1.54, 1.807) is 25.2 Å². The van der Waals surface area contributed by atoms with Gasteiger partial charge in [0.05, 0.1) is 21.2 Å². The molecule has 0 saturated heterocycles. The summed E-state index contributed by atoms with van der Waals surface area (Å²) < 4.78 is 32.2. The molecule has 1 aromatic heterocycles. The van der Waals surface area contributed by atoms with Crippen molar-refractivity contribution in [2.75, 3.05) is 14.1 Å². The molecule has 112 valence electrons. The van der Waals surface area contributed by atoms with E-state index in [2.05, 4.69) is 11.7 Å². The monoisotopic (exact) mass is 309 g/mol. The molecule has 0 aliphatic heterocycles. The smallest absolute Gasteiger partial charge is 0.294 e. The van der Waals surface area contributed by atoms with Gasteiger partial charge in [0, 0.05) is 20.3 Å². The zero-order valence-corrected chi connectivity index (χ0v) is 12.4. The van der Waals surface area contributed by atoms with E-state index in [0.717, 1.165) is 0 Å². The maximum atomic E-state index is 12.3. The van der Waals surface area contributed by atoms with Crippen LogP contribution in [0.3, 0.4) is 0 Å². The number of aromatic nitrogens is 2. The van der Waals surface area contributed by atoms with Crippen LogP contribution in [0.25, 0.3) is 18.5 Å². The highest BCUT2D eigenvalue weighted by Crippen LogP contribution is 2.11. The third-order valence-corrected chi connectivity index (χ3v) is 3.65. The first-order chi connectivity index (χ1) is 9.70. The van der Waals surface area contributed by atoms with Gasteiger partial charge in [0.2, 0.25) is 0 Å². The average molecular weight is 309 g/mol. The molecule has 2 rings (SSSR count). The molecule has 7 nitrogen and oxygen atoms in total. The van der Waals surface area contributed by atoms with E-state index in [1.165, 1.54) is 28.9 Å². The van der Waals surface area contributed by atoms with Crippen LogP contribution < -0.4 is 16.1 Å². The van der Waals surface area contributed by atoms with Crippen LogP contribution >= 0.6 is 0 Å². The fourth-order valence-electron chi connectivity index (χ4n) is 1.84. The molecule has 8 heteroatoms. The standard InChI is InChI=1S/C13H15N3O4S/c1-9-12(8-15(2)3)13(17)16(14-9)10-4-6-11(7-5-10)21(18,19)20/h4-8,14H,1H2,2-3H3,(H,18,19,20). The minimum atomic E-state index is -4.25. The molecule has 1 heterocycles. The first-order valence-electron chi connectivity index (χ1n) is 5.96. The summed E-state index contributed by atoms with van der Waals surface area (Å²) in [5.41, 5.74) is 0.143. The van der Waals surface area contributed by atoms with Gasteiger partial charge in [-0.1, -0.05) is 6.58 Å². The average Bonchev–Trinajstić information content (AvgIpc) is 2.65. The maximum absolute atomic E-state index is 12.3. The lowest BCUT2D eigenvalue weighted by atomic mass is 10.3. The van der Waals surface area contributed by atoms with Crippen molar-refractivity contribution in [2.24, 2.45) is 0 Å². The minimum absolute atomic E-state index is 0.235. The fraction of sp³-hybridized carbons (Fsp3) is 0.154. The Morgan fingerprint density at radius 1 is 1.29 bits per heavy atom. The van der Waals surface area contributed by atoms with E-state index in [-0.39, 0.29) is 10.5 Å². The second-order valence-electron chi connectivity index (χ2n) is 4.71. The topological polar surface area (TPSA) is 95.4 Å². The third-order valence-electron chi connectivity index (χ3n) is 2.79. The van der Waals surface area contributed by atoms with E-state index in [4.69, 9.17) is 4.55 Å². The van der Waals surface area contributed by atoms with E-state index < -0.39 is 10.1 Å².